The lowest BCUT2D eigenvalue weighted by Gasteiger charge is -2.19. The molecule has 3 nitrogen and oxygen atoms in total. The van der Waals surface area contributed by atoms with E-state index in [9.17, 15) is 0 Å². The molecule has 1 aliphatic rings. The lowest BCUT2D eigenvalue weighted by molar-refractivity contribution is 0.181. The molecule has 78 valence electrons. The minimum absolute atomic E-state index is 0.190. The molecule has 1 rings (SSSR count). The summed E-state index contributed by atoms with van der Waals surface area (Å²) >= 11 is 0. The number of rotatable bonds is 5. The van der Waals surface area contributed by atoms with Crippen LogP contribution in [-0.2, 0) is 0 Å². The number of nitrogens with two attached hydrogens (primary N) is 1. The van der Waals surface area contributed by atoms with E-state index >= 15 is 0 Å². The molecule has 3 unspecified atom stereocenters. The number of aliphatic hydroxyl groups is 1. The van der Waals surface area contributed by atoms with Crippen LogP contribution in [0.5, 0.6) is 0 Å². The van der Waals surface area contributed by atoms with Gasteiger partial charge >= 0.3 is 0 Å². The van der Waals surface area contributed by atoms with E-state index in [0.29, 0.717) is 12.0 Å². The Hall–Kier alpha value is -0.120. The monoisotopic (exact) mass is 186 g/mol. The molecule has 3 heteroatoms. The van der Waals surface area contributed by atoms with Crippen molar-refractivity contribution >= 4 is 0 Å². The minimum Gasteiger partial charge on any atom is -0.393 e. The van der Waals surface area contributed by atoms with Gasteiger partial charge < -0.3 is 16.2 Å². The van der Waals surface area contributed by atoms with Crippen molar-refractivity contribution in [3.63, 3.8) is 0 Å². The Kier molecular flexibility index (Phi) is 4.70. The van der Waals surface area contributed by atoms with Gasteiger partial charge in [0.2, 0.25) is 0 Å². The zero-order chi connectivity index (χ0) is 9.68. The molecule has 0 heterocycles. The summed E-state index contributed by atoms with van der Waals surface area (Å²) in [7, 11) is 0. The molecule has 1 saturated carbocycles. The summed E-state index contributed by atoms with van der Waals surface area (Å²) in [5.74, 6) is 0.661. The second-order valence-electron chi connectivity index (χ2n) is 4.12. The fourth-order valence-corrected chi connectivity index (χ4v) is 2.07. The molecular formula is C10H22N2O. The first-order valence-electron chi connectivity index (χ1n) is 5.35. The predicted molar refractivity (Wildman–Crippen MR) is 54.5 cm³/mol. The van der Waals surface area contributed by atoms with Crippen LogP contribution >= 0.6 is 0 Å². The van der Waals surface area contributed by atoms with Crippen molar-refractivity contribution < 1.29 is 5.11 Å². The zero-order valence-electron chi connectivity index (χ0n) is 8.50. The molecule has 0 saturated heterocycles. The van der Waals surface area contributed by atoms with E-state index in [1.165, 1.54) is 19.3 Å². The Bertz CT molecular complexity index is 139. The van der Waals surface area contributed by atoms with Crippen molar-refractivity contribution in [1.82, 2.24) is 5.32 Å². The largest absolute Gasteiger partial charge is 0.393 e. The van der Waals surface area contributed by atoms with Crippen molar-refractivity contribution in [2.24, 2.45) is 11.7 Å². The van der Waals surface area contributed by atoms with Gasteiger partial charge in [-0.05, 0) is 45.2 Å². The minimum atomic E-state index is -0.190. The number of hydrogen-bond acceptors (Lipinski definition) is 3. The Balaban J connectivity index is 2.13. The number of nitrogens with one attached hydrogen (secondary N) is 1. The van der Waals surface area contributed by atoms with Crippen LogP contribution in [0.2, 0.25) is 0 Å². The van der Waals surface area contributed by atoms with Gasteiger partial charge in [-0.2, -0.15) is 0 Å². The highest BCUT2D eigenvalue weighted by molar-refractivity contribution is 4.83. The fourth-order valence-electron chi connectivity index (χ4n) is 2.07. The molecular weight excluding hydrogens is 164 g/mol. The molecule has 0 radical (unpaired) electrons. The topological polar surface area (TPSA) is 58.3 Å². The Morgan fingerprint density at radius 2 is 2.31 bits per heavy atom. The van der Waals surface area contributed by atoms with E-state index in [-0.39, 0.29) is 6.10 Å². The molecule has 13 heavy (non-hydrogen) atoms. The van der Waals surface area contributed by atoms with Crippen LogP contribution in [0.25, 0.3) is 0 Å². The van der Waals surface area contributed by atoms with E-state index in [0.717, 1.165) is 19.5 Å². The molecule has 0 aromatic carbocycles. The number of aliphatic hydroxyl groups excluding tert-OH is 1. The van der Waals surface area contributed by atoms with Crippen LogP contribution in [-0.4, -0.2) is 30.3 Å². The quantitative estimate of drug-likeness (QED) is 0.585. The molecule has 1 aliphatic carbocycles. The first-order valence-corrected chi connectivity index (χ1v) is 5.35. The summed E-state index contributed by atoms with van der Waals surface area (Å²) in [6, 6.07) is 0.601. The third kappa shape index (κ3) is 3.63. The van der Waals surface area contributed by atoms with Gasteiger partial charge in [0.15, 0.2) is 0 Å². The molecule has 1 fully saturated rings. The summed E-state index contributed by atoms with van der Waals surface area (Å²) in [5, 5.41) is 12.6. The highest BCUT2D eigenvalue weighted by atomic mass is 16.3. The van der Waals surface area contributed by atoms with Crippen molar-refractivity contribution in [2.45, 2.75) is 44.8 Å². The number of hydrogen-bond donors (Lipinski definition) is 3. The molecule has 0 amide bonds. The van der Waals surface area contributed by atoms with Crippen LogP contribution in [0.4, 0.5) is 0 Å². The van der Waals surface area contributed by atoms with Crippen LogP contribution in [0.3, 0.4) is 0 Å². The van der Waals surface area contributed by atoms with Crippen molar-refractivity contribution in [2.75, 3.05) is 13.1 Å². The molecule has 0 spiro atoms. The SMILES string of the molecule is CC(O)CCNC1CCCC1CN. The summed E-state index contributed by atoms with van der Waals surface area (Å²) in [6.45, 7) is 3.54. The van der Waals surface area contributed by atoms with Crippen molar-refractivity contribution in [1.29, 1.82) is 0 Å². The first kappa shape index (κ1) is 11.0. The molecule has 0 bridgehead atoms. The van der Waals surface area contributed by atoms with Crippen LogP contribution in [0, 0.1) is 5.92 Å². The Morgan fingerprint density at radius 1 is 1.54 bits per heavy atom. The van der Waals surface area contributed by atoms with Crippen molar-refractivity contribution in [3.8, 4) is 0 Å². The second kappa shape index (κ2) is 5.58. The highest BCUT2D eigenvalue weighted by Gasteiger charge is 2.24. The van der Waals surface area contributed by atoms with E-state index in [1.807, 2.05) is 6.92 Å². The normalized spacial score (nSPS) is 30.7. The highest BCUT2D eigenvalue weighted by Crippen LogP contribution is 2.24. The fraction of sp³-hybridized carbons (Fsp3) is 1.00. The van der Waals surface area contributed by atoms with Gasteiger partial charge in [-0.3, -0.25) is 0 Å². The maximum atomic E-state index is 9.08. The smallest absolute Gasteiger partial charge is 0.0524 e. The summed E-state index contributed by atoms with van der Waals surface area (Å²) in [6.07, 6.45) is 4.47. The molecule has 0 aromatic rings. The van der Waals surface area contributed by atoms with Gasteiger partial charge in [-0.25, -0.2) is 0 Å². The lowest BCUT2D eigenvalue weighted by Crippen LogP contribution is -2.37. The van der Waals surface area contributed by atoms with Gasteiger partial charge in [-0.15, -0.1) is 0 Å². The van der Waals surface area contributed by atoms with Crippen LogP contribution in [0.15, 0.2) is 0 Å². The van der Waals surface area contributed by atoms with E-state index < -0.39 is 0 Å². The van der Waals surface area contributed by atoms with E-state index in [1.54, 1.807) is 0 Å². The Labute approximate surface area is 80.7 Å². The van der Waals surface area contributed by atoms with Crippen LogP contribution < -0.4 is 11.1 Å². The van der Waals surface area contributed by atoms with Gasteiger partial charge in [0, 0.05) is 6.04 Å². The second-order valence-corrected chi connectivity index (χ2v) is 4.12. The van der Waals surface area contributed by atoms with E-state index in [2.05, 4.69) is 5.32 Å². The standard InChI is InChI=1S/C10H22N2O/c1-8(13)5-6-12-10-4-2-3-9(10)7-11/h8-10,12-13H,2-7,11H2,1H3. The third-order valence-electron chi connectivity index (χ3n) is 2.93. The zero-order valence-corrected chi connectivity index (χ0v) is 8.50. The summed E-state index contributed by atoms with van der Waals surface area (Å²) < 4.78 is 0. The molecule has 0 aromatic heterocycles. The average molecular weight is 186 g/mol. The predicted octanol–water partition coefficient (Wildman–Crippen LogP) is 0.474. The molecule has 0 aliphatic heterocycles. The van der Waals surface area contributed by atoms with Gasteiger partial charge in [0.25, 0.3) is 0 Å². The van der Waals surface area contributed by atoms with Gasteiger partial charge in [0.05, 0.1) is 6.10 Å². The molecule has 4 N–H and O–H groups in total. The Morgan fingerprint density at radius 3 is 2.92 bits per heavy atom. The van der Waals surface area contributed by atoms with E-state index in [4.69, 9.17) is 10.8 Å². The maximum Gasteiger partial charge on any atom is 0.0524 e. The van der Waals surface area contributed by atoms with Crippen LogP contribution in [0.1, 0.15) is 32.6 Å². The summed E-state index contributed by atoms with van der Waals surface area (Å²) in [5.41, 5.74) is 5.67. The molecule has 3 atom stereocenters. The van der Waals surface area contributed by atoms with Crippen molar-refractivity contribution in [3.05, 3.63) is 0 Å². The first-order chi connectivity index (χ1) is 6.24. The van der Waals surface area contributed by atoms with Gasteiger partial charge in [-0.1, -0.05) is 6.42 Å². The summed E-state index contributed by atoms with van der Waals surface area (Å²) in [4.78, 5) is 0. The lowest BCUT2D eigenvalue weighted by atomic mass is 10.0. The van der Waals surface area contributed by atoms with Gasteiger partial charge in [0.1, 0.15) is 0 Å². The average Bonchev–Trinajstić information content (AvgIpc) is 2.51. The third-order valence-corrected chi connectivity index (χ3v) is 2.93. The maximum absolute atomic E-state index is 9.08.